The minimum Gasteiger partial charge on any atom is -0.421 e. The summed E-state index contributed by atoms with van der Waals surface area (Å²) in [5, 5.41) is 0. The van der Waals surface area contributed by atoms with Crippen LogP contribution in [0, 0.1) is 6.92 Å². The molecule has 13 nitrogen and oxygen atoms in total. The van der Waals surface area contributed by atoms with Crippen LogP contribution >= 0.6 is 7.82 Å². The van der Waals surface area contributed by atoms with Crippen LogP contribution in [-0.2, 0) is 49.4 Å². The van der Waals surface area contributed by atoms with Crippen molar-refractivity contribution in [1.29, 1.82) is 0 Å². The van der Waals surface area contributed by atoms with Gasteiger partial charge < -0.3 is 18.7 Å². The van der Waals surface area contributed by atoms with Gasteiger partial charge in [0.1, 0.15) is 11.9 Å². The van der Waals surface area contributed by atoms with Crippen LogP contribution < -0.4 is 15.8 Å². The summed E-state index contributed by atoms with van der Waals surface area (Å²) in [5.74, 6) is -1.36. The number of nitrogens with one attached hydrogen (secondary N) is 1. The van der Waals surface area contributed by atoms with Crippen molar-refractivity contribution in [2.75, 3.05) is 6.61 Å². The van der Waals surface area contributed by atoms with E-state index in [2.05, 4.69) is 4.98 Å². The number of hydrogen-bond acceptors (Lipinski definition) is 11. The lowest BCUT2D eigenvalue weighted by molar-refractivity contribution is -0.186. The van der Waals surface area contributed by atoms with Crippen molar-refractivity contribution in [3.8, 4) is 5.75 Å². The van der Waals surface area contributed by atoms with Crippen LogP contribution in [0.15, 0.2) is 40.1 Å². The van der Waals surface area contributed by atoms with Crippen LogP contribution in [0.4, 0.5) is 0 Å². The molecular formula is C26H31N2O11P. The van der Waals surface area contributed by atoms with E-state index >= 15 is 0 Å². The number of phosphoric ester groups is 1. The van der Waals surface area contributed by atoms with Crippen LogP contribution in [0.2, 0.25) is 0 Å². The number of H-pyrrole nitrogens is 1. The molecule has 0 spiro atoms. The zero-order chi connectivity index (χ0) is 29.4. The summed E-state index contributed by atoms with van der Waals surface area (Å²) in [6.45, 7) is 9.37. The molecule has 0 fully saturated rings. The van der Waals surface area contributed by atoms with Crippen LogP contribution in [0.5, 0.6) is 5.75 Å². The molecule has 0 aliphatic carbocycles. The number of hydrogen-bond donors (Lipinski definition) is 1. The predicted molar refractivity (Wildman–Crippen MR) is 140 cm³/mol. The van der Waals surface area contributed by atoms with Gasteiger partial charge in [0, 0.05) is 31.2 Å². The topological polar surface area (TPSA) is 161 Å². The molecular weight excluding hydrogens is 547 g/mol. The molecule has 0 radical (unpaired) electrons. The summed E-state index contributed by atoms with van der Waals surface area (Å²) in [6, 6.07) is 3.46. The van der Waals surface area contributed by atoms with Gasteiger partial charge in [-0.1, -0.05) is 26.8 Å². The molecule has 1 aromatic carbocycles. The molecule has 1 N–H and O–H groups in total. The van der Waals surface area contributed by atoms with Gasteiger partial charge in [-0.25, -0.2) is 9.36 Å². The van der Waals surface area contributed by atoms with Crippen molar-refractivity contribution in [2.45, 2.75) is 72.2 Å². The number of ether oxygens (including phenoxy) is 3. The number of aryl methyl sites for hydroxylation is 1. The summed E-state index contributed by atoms with van der Waals surface area (Å²) >= 11 is 0. The van der Waals surface area contributed by atoms with Crippen molar-refractivity contribution >= 4 is 19.8 Å². The zero-order valence-electron chi connectivity index (χ0n) is 22.9. The summed E-state index contributed by atoms with van der Waals surface area (Å²) in [7, 11) is -4.22. The van der Waals surface area contributed by atoms with Gasteiger partial charge in [-0.3, -0.25) is 33.0 Å². The minimum atomic E-state index is -4.22. The standard InChI is InChI=1S/C26H31N2O11P/c1-14-11-28(25(32)27-23(14)31)21-8-7-19(38-21)13-35-40(33)34-12-17-9-18(26(4,5)6)10-20(22(17)39-40)24(36-15(2)29)37-16(3)30/h7-11,19,21,24H,12-13H2,1-6H3,(H,27,31,32)/t19-,21+,40?/m0/s1. The minimum absolute atomic E-state index is 0.0473. The van der Waals surface area contributed by atoms with Gasteiger partial charge in [0.15, 0.2) is 6.23 Å². The van der Waals surface area contributed by atoms with E-state index in [4.69, 9.17) is 27.8 Å². The lowest BCUT2D eigenvalue weighted by Gasteiger charge is -2.31. The van der Waals surface area contributed by atoms with E-state index in [9.17, 15) is 23.7 Å². The van der Waals surface area contributed by atoms with Crippen LogP contribution in [-0.4, -0.2) is 34.2 Å². The van der Waals surface area contributed by atoms with Gasteiger partial charge in [-0.2, -0.15) is 0 Å². The Morgan fingerprint density at radius 2 is 1.82 bits per heavy atom. The first-order chi connectivity index (χ1) is 18.6. The monoisotopic (exact) mass is 578 g/mol. The highest BCUT2D eigenvalue weighted by Gasteiger charge is 2.40. The Kier molecular flexibility index (Phi) is 8.23. The molecule has 0 bridgehead atoms. The first-order valence-corrected chi connectivity index (χ1v) is 13.9. The second-order valence-electron chi connectivity index (χ2n) is 10.4. The lowest BCUT2D eigenvalue weighted by atomic mass is 9.84. The maximum Gasteiger partial charge on any atom is 0.530 e. The summed E-state index contributed by atoms with van der Waals surface area (Å²) < 4.78 is 47.8. The van der Waals surface area contributed by atoms with Crippen LogP contribution in [0.3, 0.4) is 0 Å². The highest BCUT2D eigenvalue weighted by Crippen LogP contribution is 2.57. The molecule has 14 heteroatoms. The van der Waals surface area contributed by atoms with Gasteiger partial charge in [0.2, 0.25) is 0 Å². The lowest BCUT2D eigenvalue weighted by Crippen LogP contribution is -2.33. The van der Waals surface area contributed by atoms with E-state index in [1.807, 2.05) is 20.8 Å². The third-order valence-electron chi connectivity index (χ3n) is 6.06. The van der Waals surface area contributed by atoms with Crippen LogP contribution in [0.1, 0.15) is 69.4 Å². The van der Waals surface area contributed by atoms with Gasteiger partial charge >= 0.3 is 25.5 Å². The highest BCUT2D eigenvalue weighted by molar-refractivity contribution is 7.49. The van der Waals surface area contributed by atoms with E-state index in [0.717, 1.165) is 5.56 Å². The molecule has 3 atom stereocenters. The van der Waals surface area contributed by atoms with Gasteiger partial charge in [-0.05, 0) is 36.1 Å². The van der Waals surface area contributed by atoms with Crippen LogP contribution in [0.25, 0.3) is 0 Å². The number of nitrogens with zero attached hydrogens (tertiary/aromatic N) is 1. The smallest absolute Gasteiger partial charge is 0.421 e. The fourth-order valence-electron chi connectivity index (χ4n) is 4.02. The van der Waals surface area contributed by atoms with E-state index in [-0.39, 0.29) is 29.9 Å². The van der Waals surface area contributed by atoms with Crippen molar-refractivity contribution in [1.82, 2.24) is 9.55 Å². The summed E-state index contributed by atoms with van der Waals surface area (Å²) in [4.78, 5) is 49.7. The van der Waals surface area contributed by atoms with Gasteiger partial charge in [0.25, 0.3) is 11.8 Å². The van der Waals surface area contributed by atoms with Crippen molar-refractivity contribution in [2.24, 2.45) is 0 Å². The fraction of sp³-hybridized carbons (Fsp3) is 0.462. The van der Waals surface area contributed by atoms with E-state index in [0.29, 0.717) is 11.1 Å². The van der Waals surface area contributed by atoms with Crippen molar-refractivity contribution in [3.05, 3.63) is 73.6 Å². The number of carbonyl (C=O) groups is 2. The normalized spacial score (nSPS) is 22.1. The Morgan fingerprint density at radius 1 is 1.15 bits per heavy atom. The summed E-state index contributed by atoms with van der Waals surface area (Å²) in [6.07, 6.45) is 1.58. The number of aromatic amines is 1. The number of benzene rings is 1. The first kappa shape index (κ1) is 29.5. The number of aromatic nitrogens is 2. The Bertz CT molecular complexity index is 1500. The Morgan fingerprint density at radius 3 is 2.45 bits per heavy atom. The van der Waals surface area contributed by atoms with Gasteiger partial charge in [-0.15, -0.1) is 0 Å². The Balaban J connectivity index is 1.55. The molecule has 1 aromatic heterocycles. The third-order valence-corrected chi connectivity index (χ3v) is 7.38. The molecule has 0 saturated heterocycles. The molecule has 2 aliphatic rings. The zero-order valence-corrected chi connectivity index (χ0v) is 23.8. The number of fused-ring (bicyclic) bond motifs is 1. The number of esters is 2. The molecule has 1 unspecified atom stereocenters. The largest absolute Gasteiger partial charge is 0.530 e. The van der Waals surface area contributed by atoms with Crippen molar-refractivity contribution in [3.63, 3.8) is 0 Å². The molecule has 3 heterocycles. The Labute approximate surface area is 229 Å². The second kappa shape index (κ2) is 11.2. The summed E-state index contributed by atoms with van der Waals surface area (Å²) in [5.41, 5.74) is 0.303. The SMILES string of the molecule is CC(=O)OC(OC(C)=O)c1cc(C(C)(C)C)cc2c1OP(=O)(OC[C@@H]1C=C[C@H](n3cc(C)c(=O)[nH]c3=O)O1)OC2. The molecule has 216 valence electrons. The number of rotatable bonds is 7. The molecule has 0 saturated carbocycles. The molecule has 4 rings (SSSR count). The maximum atomic E-state index is 13.5. The third kappa shape index (κ3) is 6.61. The van der Waals surface area contributed by atoms with E-state index in [1.165, 1.54) is 24.6 Å². The number of carbonyl (C=O) groups excluding carboxylic acids is 2. The number of phosphoric acid groups is 1. The second-order valence-corrected chi connectivity index (χ2v) is 12.0. The Hall–Kier alpha value is -3.51. The quantitative estimate of drug-likeness (QED) is 0.222. The predicted octanol–water partition coefficient (Wildman–Crippen LogP) is 3.45. The fourth-order valence-corrected chi connectivity index (χ4v) is 5.28. The maximum absolute atomic E-state index is 13.5. The van der Waals surface area contributed by atoms with E-state index < -0.39 is 49.6 Å². The van der Waals surface area contributed by atoms with E-state index in [1.54, 1.807) is 31.2 Å². The average molecular weight is 579 g/mol. The average Bonchev–Trinajstić information content (AvgIpc) is 3.32. The molecule has 2 aromatic rings. The molecule has 0 amide bonds. The highest BCUT2D eigenvalue weighted by atomic mass is 31.2. The first-order valence-electron chi connectivity index (χ1n) is 12.4. The van der Waals surface area contributed by atoms with Gasteiger partial charge in [0.05, 0.1) is 18.8 Å². The van der Waals surface area contributed by atoms with Crippen molar-refractivity contribution < 1.29 is 41.9 Å². The molecule has 2 aliphatic heterocycles. The molecule has 40 heavy (non-hydrogen) atoms.